The van der Waals surface area contributed by atoms with Crippen LogP contribution in [0.5, 0.6) is 0 Å². The van der Waals surface area contributed by atoms with Crippen molar-refractivity contribution in [1.82, 2.24) is 5.32 Å². The van der Waals surface area contributed by atoms with Gasteiger partial charge in [-0.3, -0.25) is 9.10 Å². The molecule has 0 saturated carbocycles. The van der Waals surface area contributed by atoms with E-state index in [0.717, 1.165) is 5.56 Å². The summed E-state index contributed by atoms with van der Waals surface area (Å²) >= 11 is 0. The number of hydrogen-bond acceptors (Lipinski definition) is 3. The number of carbonyl (C=O) groups is 1. The number of sulfonamides is 1. The predicted octanol–water partition coefficient (Wildman–Crippen LogP) is 3.10. The second-order valence-corrected chi connectivity index (χ2v) is 7.95. The van der Waals surface area contributed by atoms with Gasteiger partial charge in [0.1, 0.15) is 5.82 Å². The summed E-state index contributed by atoms with van der Waals surface area (Å²) < 4.78 is 37.9. The lowest BCUT2D eigenvalue weighted by atomic mass is 10.1. The normalized spacial score (nSPS) is 12.5. The first-order chi connectivity index (χ1) is 11.7. The van der Waals surface area contributed by atoms with Crippen molar-refractivity contribution in [3.63, 3.8) is 0 Å². The van der Waals surface area contributed by atoms with Crippen molar-refractivity contribution in [1.29, 1.82) is 0 Å². The fourth-order valence-corrected chi connectivity index (χ4v) is 3.12. The zero-order chi connectivity index (χ0) is 18.6. The van der Waals surface area contributed by atoms with E-state index in [9.17, 15) is 17.6 Å². The molecule has 1 amide bonds. The van der Waals surface area contributed by atoms with Crippen LogP contribution < -0.4 is 9.62 Å². The number of amides is 1. The number of rotatable bonds is 6. The molecule has 2 aromatic carbocycles. The zero-order valence-corrected chi connectivity index (χ0v) is 15.2. The summed E-state index contributed by atoms with van der Waals surface area (Å²) in [6, 6.07) is 12.0. The third-order valence-electron chi connectivity index (χ3n) is 3.99. The molecule has 0 unspecified atom stereocenters. The molecular weight excluding hydrogens is 343 g/mol. The lowest BCUT2D eigenvalue weighted by molar-refractivity contribution is 0.0940. The fourth-order valence-electron chi connectivity index (χ4n) is 2.29. The van der Waals surface area contributed by atoms with Gasteiger partial charge < -0.3 is 5.32 Å². The SMILES string of the molecule is CCS(=O)(=O)N(C)c1ccc(C(=O)N[C@H](C)c2ccc(F)cc2)cc1. The van der Waals surface area contributed by atoms with Gasteiger partial charge in [0.15, 0.2) is 0 Å². The molecule has 0 saturated heterocycles. The Kier molecular flexibility index (Phi) is 5.79. The van der Waals surface area contributed by atoms with Crippen molar-refractivity contribution >= 4 is 21.6 Å². The van der Waals surface area contributed by atoms with Gasteiger partial charge >= 0.3 is 0 Å². The van der Waals surface area contributed by atoms with Gasteiger partial charge in [-0.05, 0) is 55.8 Å². The number of benzene rings is 2. The van der Waals surface area contributed by atoms with E-state index in [1.54, 1.807) is 50.2 Å². The number of nitrogens with zero attached hydrogens (tertiary/aromatic N) is 1. The number of anilines is 1. The molecule has 134 valence electrons. The van der Waals surface area contributed by atoms with Crippen LogP contribution in [0.3, 0.4) is 0 Å². The quantitative estimate of drug-likeness (QED) is 0.856. The molecule has 5 nitrogen and oxygen atoms in total. The number of nitrogens with one attached hydrogen (secondary N) is 1. The first-order valence-electron chi connectivity index (χ1n) is 7.87. The molecule has 0 spiro atoms. The molecule has 25 heavy (non-hydrogen) atoms. The molecule has 0 bridgehead atoms. The summed E-state index contributed by atoms with van der Waals surface area (Å²) in [5.41, 5.74) is 1.70. The van der Waals surface area contributed by atoms with Crippen LogP contribution in [0.4, 0.5) is 10.1 Å². The largest absolute Gasteiger partial charge is 0.346 e. The van der Waals surface area contributed by atoms with Gasteiger partial charge in [0, 0.05) is 12.6 Å². The maximum absolute atomic E-state index is 13.0. The maximum atomic E-state index is 13.0. The molecule has 0 aromatic heterocycles. The van der Waals surface area contributed by atoms with Crippen LogP contribution in [-0.4, -0.2) is 27.1 Å². The lowest BCUT2D eigenvalue weighted by Gasteiger charge is -2.19. The topological polar surface area (TPSA) is 66.5 Å². The van der Waals surface area contributed by atoms with Gasteiger partial charge in [0.05, 0.1) is 17.5 Å². The number of carbonyl (C=O) groups excluding carboxylic acids is 1. The van der Waals surface area contributed by atoms with Crippen molar-refractivity contribution < 1.29 is 17.6 Å². The van der Waals surface area contributed by atoms with E-state index in [0.29, 0.717) is 11.3 Å². The van der Waals surface area contributed by atoms with Gasteiger partial charge in [0.25, 0.3) is 5.91 Å². The van der Waals surface area contributed by atoms with E-state index < -0.39 is 10.0 Å². The van der Waals surface area contributed by atoms with Crippen molar-refractivity contribution in [3.8, 4) is 0 Å². The Labute approximate surface area is 147 Å². The van der Waals surface area contributed by atoms with Gasteiger partial charge in [-0.2, -0.15) is 0 Å². The minimum absolute atomic E-state index is 0.000915. The lowest BCUT2D eigenvalue weighted by Crippen LogP contribution is -2.28. The van der Waals surface area contributed by atoms with Gasteiger partial charge in [0.2, 0.25) is 10.0 Å². The Morgan fingerprint density at radius 2 is 1.68 bits per heavy atom. The average molecular weight is 364 g/mol. The van der Waals surface area contributed by atoms with E-state index in [1.807, 2.05) is 0 Å². The first kappa shape index (κ1) is 18.9. The molecule has 0 aliphatic rings. The molecule has 0 fully saturated rings. The van der Waals surface area contributed by atoms with Crippen molar-refractivity contribution in [3.05, 3.63) is 65.5 Å². The van der Waals surface area contributed by atoms with E-state index in [2.05, 4.69) is 5.32 Å². The zero-order valence-electron chi connectivity index (χ0n) is 14.4. The van der Waals surface area contributed by atoms with Crippen LogP contribution in [0.15, 0.2) is 48.5 Å². The van der Waals surface area contributed by atoms with Crippen LogP contribution in [0.2, 0.25) is 0 Å². The van der Waals surface area contributed by atoms with Crippen molar-refractivity contribution in [2.24, 2.45) is 0 Å². The minimum Gasteiger partial charge on any atom is -0.346 e. The molecule has 1 N–H and O–H groups in total. The van der Waals surface area contributed by atoms with Gasteiger partial charge in [-0.25, -0.2) is 12.8 Å². The summed E-state index contributed by atoms with van der Waals surface area (Å²) in [5.74, 6) is -0.616. The molecule has 7 heteroatoms. The molecule has 2 aromatic rings. The van der Waals surface area contributed by atoms with Gasteiger partial charge in [-0.15, -0.1) is 0 Å². The van der Waals surface area contributed by atoms with Crippen LogP contribution in [0.25, 0.3) is 0 Å². The summed E-state index contributed by atoms with van der Waals surface area (Å²) in [7, 11) is -1.86. The number of hydrogen-bond donors (Lipinski definition) is 1. The van der Waals surface area contributed by atoms with E-state index in [1.165, 1.54) is 23.5 Å². The third-order valence-corrected chi connectivity index (χ3v) is 5.77. The third kappa shape index (κ3) is 4.57. The highest BCUT2D eigenvalue weighted by Crippen LogP contribution is 2.18. The Morgan fingerprint density at radius 3 is 2.20 bits per heavy atom. The van der Waals surface area contributed by atoms with E-state index >= 15 is 0 Å². The molecule has 1 atom stereocenters. The van der Waals surface area contributed by atoms with Crippen LogP contribution in [0.1, 0.15) is 35.8 Å². The maximum Gasteiger partial charge on any atom is 0.251 e. The summed E-state index contributed by atoms with van der Waals surface area (Å²) in [4.78, 5) is 12.3. The minimum atomic E-state index is -3.34. The molecular formula is C18H21FN2O3S. The second kappa shape index (κ2) is 7.65. The van der Waals surface area contributed by atoms with E-state index in [-0.39, 0.29) is 23.5 Å². The Balaban J connectivity index is 2.09. The Morgan fingerprint density at radius 1 is 1.12 bits per heavy atom. The second-order valence-electron chi connectivity index (χ2n) is 5.66. The summed E-state index contributed by atoms with van der Waals surface area (Å²) in [6.07, 6.45) is 0. The van der Waals surface area contributed by atoms with Crippen LogP contribution in [-0.2, 0) is 10.0 Å². The van der Waals surface area contributed by atoms with Crippen molar-refractivity contribution in [2.45, 2.75) is 19.9 Å². The monoisotopic (exact) mass is 364 g/mol. The molecule has 0 aliphatic heterocycles. The molecule has 0 radical (unpaired) electrons. The highest BCUT2D eigenvalue weighted by Gasteiger charge is 2.17. The molecule has 0 aliphatic carbocycles. The Bertz CT molecular complexity index is 834. The molecule has 0 heterocycles. The molecule has 2 rings (SSSR count). The standard InChI is InChI=1S/C18H21FN2O3S/c1-4-25(23,24)21(3)17-11-7-15(8-12-17)18(22)20-13(2)14-5-9-16(19)10-6-14/h5-13H,4H2,1-3H3,(H,20,22)/t13-/m1/s1. The van der Waals surface area contributed by atoms with Crippen LogP contribution in [0, 0.1) is 5.82 Å². The van der Waals surface area contributed by atoms with Crippen molar-refractivity contribution in [2.75, 3.05) is 17.1 Å². The number of halogens is 1. The smallest absolute Gasteiger partial charge is 0.251 e. The van der Waals surface area contributed by atoms with Gasteiger partial charge in [-0.1, -0.05) is 12.1 Å². The van der Waals surface area contributed by atoms with E-state index in [4.69, 9.17) is 0 Å². The Hall–Kier alpha value is -2.41. The first-order valence-corrected chi connectivity index (χ1v) is 9.48. The fraction of sp³-hybridized carbons (Fsp3) is 0.278. The highest BCUT2D eigenvalue weighted by molar-refractivity contribution is 7.92. The summed E-state index contributed by atoms with van der Waals surface area (Å²) in [6.45, 7) is 3.38. The highest BCUT2D eigenvalue weighted by atomic mass is 32.2. The summed E-state index contributed by atoms with van der Waals surface area (Å²) in [5, 5.41) is 2.83. The van der Waals surface area contributed by atoms with Crippen LogP contribution >= 0.6 is 0 Å². The average Bonchev–Trinajstić information content (AvgIpc) is 2.61. The predicted molar refractivity (Wildman–Crippen MR) is 96.6 cm³/mol.